The third-order valence-electron chi connectivity index (χ3n) is 3.51. The summed E-state index contributed by atoms with van der Waals surface area (Å²) < 4.78 is 10.5. The van der Waals surface area contributed by atoms with Crippen LogP contribution in [-0.4, -0.2) is 31.6 Å². The van der Waals surface area contributed by atoms with Gasteiger partial charge in [-0.3, -0.25) is 14.9 Å². The maximum Gasteiger partial charge on any atom is 0.282 e. The van der Waals surface area contributed by atoms with Crippen molar-refractivity contribution in [3.05, 3.63) is 63.7 Å². The van der Waals surface area contributed by atoms with E-state index in [1.54, 1.807) is 32.4 Å². The van der Waals surface area contributed by atoms with E-state index in [0.717, 1.165) is 5.56 Å². The maximum atomic E-state index is 12.2. The SMILES string of the molecule is COc1ccc(OC)c(CCNC(=O)c2ccccc2[N+](=O)[O-])c1. The summed E-state index contributed by atoms with van der Waals surface area (Å²) in [7, 11) is 3.14. The third-order valence-corrected chi connectivity index (χ3v) is 3.51. The van der Waals surface area contributed by atoms with Gasteiger partial charge in [-0.25, -0.2) is 0 Å². The molecule has 0 aliphatic carbocycles. The zero-order chi connectivity index (χ0) is 17.5. The van der Waals surface area contributed by atoms with Gasteiger partial charge >= 0.3 is 0 Å². The molecule has 0 atom stereocenters. The molecule has 0 spiro atoms. The minimum absolute atomic E-state index is 0.0418. The van der Waals surface area contributed by atoms with E-state index in [4.69, 9.17) is 9.47 Å². The Balaban J connectivity index is 2.05. The zero-order valence-corrected chi connectivity index (χ0v) is 13.4. The summed E-state index contributed by atoms with van der Waals surface area (Å²) in [6.07, 6.45) is 0.507. The molecule has 0 bridgehead atoms. The number of nitrogens with zero attached hydrogens (tertiary/aromatic N) is 1. The zero-order valence-electron chi connectivity index (χ0n) is 13.4. The number of hydrogen-bond donors (Lipinski definition) is 1. The maximum absolute atomic E-state index is 12.2. The molecule has 0 saturated heterocycles. The summed E-state index contributed by atoms with van der Waals surface area (Å²) in [5, 5.41) is 13.7. The lowest BCUT2D eigenvalue weighted by Crippen LogP contribution is -2.26. The second kappa shape index (κ2) is 7.96. The van der Waals surface area contributed by atoms with Crippen LogP contribution in [0, 0.1) is 10.1 Å². The molecule has 2 rings (SSSR count). The predicted molar refractivity (Wildman–Crippen MR) is 88.7 cm³/mol. The number of carbonyl (C=O) groups excluding carboxylic acids is 1. The van der Waals surface area contributed by atoms with Gasteiger partial charge < -0.3 is 14.8 Å². The molecule has 2 aromatic carbocycles. The van der Waals surface area contributed by atoms with Crippen LogP contribution >= 0.6 is 0 Å². The van der Waals surface area contributed by atoms with Crippen LogP contribution in [0.15, 0.2) is 42.5 Å². The first kappa shape index (κ1) is 17.3. The highest BCUT2D eigenvalue weighted by molar-refractivity contribution is 5.98. The van der Waals surface area contributed by atoms with Crippen molar-refractivity contribution < 1.29 is 19.2 Å². The van der Waals surface area contributed by atoms with Crippen LogP contribution in [0.4, 0.5) is 5.69 Å². The lowest BCUT2D eigenvalue weighted by molar-refractivity contribution is -0.385. The summed E-state index contributed by atoms with van der Waals surface area (Å²) in [6, 6.07) is 11.3. The van der Waals surface area contributed by atoms with E-state index in [1.807, 2.05) is 6.07 Å². The molecule has 0 heterocycles. The van der Waals surface area contributed by atoms with Gasteiger partial charge in [-0.05, 0) is 36.2 Å². The highest BCUT2D eigenvalue weighted by Gasteiger charge is 2.18. The minimum Gasteiger partial charge on any atom is -0.497 e. The Bertz CT molecular complexity index is 746. The number of nitrogens with one attached hydrogen (secondary N) is 1. The number of nitro benzene ring substituents is 1. The Hall–Kier alpha value is -3.09. The smallest absolute Gasteiger partial charge is 0.282 e. The molecule has 24 heavy (non-hydrogen) atoms. The van der Waals surface area contributed by atoms with Crippen molar-refractivity contribution in [2.45, 2.75) is 6.42 Å². The van der Waals surface area contributed by atoms with Gasteiger partial charge in [-0.1, -0.05) is 12.1 Å². The molecule has 2 aromatic rings. The largest absolute Gasteiger partial charge is 0.497 e. The van der Waals surface area contributed by atoms with E-state index >= 15 is 0 Å². The quantitative estimate of drug-likeness (QED) is 0.622. The molecule has 0 aliphatic rings. The van der Waals surface area contributed by atoms with Crippen molar-refractivity contribution in [3.63, 3.8) is 0 Å². The molecular weight excluding hydrogens is 312 g/mol. The summed E-state index contributed by atoms with van der Waals surface area (Å²) in [5.41, 5.74) is 0.703. The summed E-state index contributed by atoms with van der Waals surface area (Å²) in [5.74, 6) is 0.899. The monoisotopic (exact) mass is 330 g/mol. The van der Waals surface area contributed by atoms with Crippen LogP contribution in [0.1, 0.15) is 15.9 Å². The van der Waals surface area contributed by atoms with Gasteiger partial charge in [0.15, 0.2) is 0 Å². The van der Waals surface area contributed by atoms with Crippen LogP contribution in [0.3, 0.4) is 0 Å². The van der Waals surface area contributed by atoms with Crippen LogP contribution < -0.4 is 14.8 Å². The number of rotatable bonds is 7. The molecule has 0 saturated carbocycles. The predicted octanol–water partition coefficient (Wildman–Crippen LogP) is 2.58. The second-order valence-corrected chi connectivity index (χ2v) is 4.96. The van der Waals surface area contributed by atoms with E-state index in [-0.39, 0.29) is 11.3 Å². The molecule has 0 radical (unpaired) electrons. The van der Waals surface area contributed by atoms with Crippen LogP contribution in [0.25, 0.3) is 0 Å². The van der Waals surface area contributed by atoms with Gasteiger partial charge in [0.2, 0.25) is 0 Å². The molecule has 7 heteroatoms. The minimum atomic E-state index is -0.569. The second-order valence-electron chi connectivity index (χ2n) is 4.96. The topological polar surface area (TPSA) is 90.7 Å². The molecule has 0 aromatic heterocycles. The van der Waals surface area contributed by atoms with Crippen molar-refractivity contribution in [1.82, 2.24) is 5.32 Å². The Labute approximate surface area is 139 Å². The molecule has 1 N–H and O–H groups in total. The summed E-state index contributed by atoms with van der Waals surface area (Å²) >= 11 is 0. The van der Waals surface area contributed by atoms with E-state index in [0.29, 0.717) is 24.5 Å². The van der Waals surface area contributed by atoms with E-state index in [2.05, 4.69) is 5.32 Å². The van der Waals surface area contributed by atoms with Gasteiger partial charge in [0.1, 0.15) is 17.1 Å². The number of ether oxygens (including phenoxy) is 2. The Morgan fingerprint density at radius 3 is 2.58 bits per heavy atom. The Morgan fingerprint density at radius 2 is 1.92 bits per heavy atom. The van der Waals surface area contributed by atoms with Gasteiger partial charge in [0.25, 0.3) is 11.6 Å². The molecule has 1 amide bonds. The number of methoxy groups -OCH3 is 2. The molecular formula is C17H18N2O5. The number of amides is 1. The molecule has 0 unspecified atom stereocenters. The van der Waals surface area contributed by atoms with Crippen LogP contribution in [0.5, 0.6) is 11.5 Å². The van der Waals surface area contributed by atoms with Crippen LogP contribution in [0.2, 0.25) is 0 Å². The van der Waals surface area contributed by atoms with Gasteiger partial charge in [-0.15, -0.1) is 0 Å². The van der Waals surface area contributed by atoms with Crippen molar-refractivity contribution in [3.8, 4) is 11.5 Å². The lowest BCUT2D eigenvalue weighted by Gasteiger charge is -2.11. The van der Waals surface area contributed by atoms with Gasteiger partial charge in [0, 0.05) is 12.6 Å². The average Bonchev–Trinajstić information content (AvgIpc) is 2.61. The normalized spacial score (nSPS) is 10.1. The van der Waals surface area contributed by atoms with E-state index < -0.39 is 10.8 Å². The van der Waals surface area contributed by atoms with Crippen molar-refractivity contribution in [2.75, 3.05) is 20.8 Å². The first-order valence-electron chi connectivity index (χ1n) is 7.29. The van der Waals surface area contributed by atoms with Gasteiger partial charge in [0.05, 0.1) is 19.1 Å². The molecule has 7 nitrogen and oxygen atoms in total. The lowest BCUT2D eigenvalue weighted by atomic mass is 10.1. The summed E-state index contributed by atoms with van der Waals surface area (Å²) in [4.78, 5) is 22.6. The number of benzene rings is 2. The fraction of sp³-hybridized carbons (Fsp3) is 0.235. The highest BCUT2D eigenvalue weighted by atomic mass is 16.6. The number of hydrogen-bond acceptors (Lipinski definition) is 5. The third kappa shape index (κ3) is 4.01. The fourth-order valence-electron chi connectivity index (χ4n) is 2.31. The highest BCUT2D eigenvalue weighted by Crippen LogP contribution is 2.24. The molecule has 0 fully saturated rings. The first-order valence-corrected chi connectivity index (χ1v) is 7.29. The fourth-order valence-corrected chi connectivity index (χ4v) is 2.31. The van der Waals surface area contributed by atoms with Crippen molar-refractivity contribution >= 4 is 11.6 Å². The first-order chi connectivity index (χ1) is 11.6. The molecule has 126 valence electrons. The molecule has 0 aliphatic heterocycles. The van der Waals surface area contributed by atoms with Crippen molar-refractivity contribution in [2.24, 2.45) is 0 Å². The Kier molecular flexibility index (Phi) is 5.73. The summed E-state index contributed by atoms with van der Waals surface area (Å²) in [6.45, 7) is 0.314. The number of para-hydroxylation sites is 1. The van der Waals surface area contributed by atoms with Crippen molar-refractivity contribution in [1.29, 1.82) is 0 Å². The van der Waals surface area contributed by atoms with E-state index in [9.17, 15) is 14.9 Å². The van der Waals surface area contributed by atoms with E-state index in [1.165, 1.54) is 18.2 Å². The Morgan fingerprint density at radius 1 is 1.17 bits per heavy atom. The van der Waals surface area contributed by atoms with Crippen LogP contribution in [-0.2, 0) is 6.42 Å². The standard InChI is InChI=1S/C17H18N2O5/c1-23-13-7-8-16(24-2)12(11-13)9-10-18-17(20)14-5-3-4-6-15(14)19(21)22/h3-8,11H,9-10H2,1-2H3,(H,18,20). The average molecular weight is 330 g/mol. The number of carbonyl (C=O) groups is 1. The number of nitro groups is 1. The van der Waals surface area contributed by atoms with Gasteiger partial charge in [-0.2, -0.15) is 0 Å².